The van der Waals surface area contributed by atoms with Crippen LogP contribution in [-0.2, 0) is 6.42 Å². The highest BCUT2D eigenvalue weighted by Gasteiger charge is 2.10. The van der Waals surface area contributed by atoms with E-state index in [1.54, 1.807) is 18.4 Å². The van der Waals surface area contributed by atoms with Crippen LogP contribution in [0.4, 0.5) is 0 Å². The predicted octanol–water partition coefficient (Wildman–Crippen LogP) is 3.08. The van der Waals surface area contributed by atoms with Gasteiger partial charge in [-0.25, -0.2) is 4.98 Å². The van der Waals surface area contributed by atoms with Crippen molar-refractivity contribution in [2.45, 2.75) is 6.42 Å². The van der Waals surface area contributed by atoms with Crippen LogP contribution in [0.3, 0.4) is 0 Å². The molecule has 2 N–H and O–H groups in total. The molecule has 1 aromatic heterocycles. The number of ether oxygens (including phenoxy) is 1. The summed E-state index contributed by atoms with van der Waals surface area (Å²) in [7, 11) is 1.66. The van der Waals surface area contributed by atoms with E-state index in [-0.39, 0.29) is 0 Å². The Balaban J connectivity index is 2.35. The van der Waals surface area contributed by atoms with Gasteiger partial charge in [-0.05, 0) is 41.0 Å². The molecule has 0 fully saturated rings. The number of benzene rings is 1. The lowest BCUT2D eigenvalue weighted by Gasteiger charge is -2.00. The van der Waals surface area contributed by atoms with Crippen molar-refractivity contribution >= 4 is 27.3 Å². The van der Waals surface area contributed by atoms with Gasteiger partial charge in [-0.3, -0.25) is 0 Å². The first kappa shape index (κ1) is 12.5. The number of aromatic nitrogens is 1. The summed E-state index contributed by atoms with van der Waals surface area (Å²) in [5.74, 6) is 0.842. The van der Waals surface area contributed by atoms with E-state index in [1.165, 1.54) is 4.88 Å². The molecule has 17 heavy (non-hydrogen) atoms. The standard InChI is InChI=1S/C12H13BrN2OS/c1-16-9-4-2-3-8(7-9)12-15-11(13)10(17-12)5-6-14/h2-4,7H,5-6,14H2,1H3. The van der Waals surface area contributed by atoms with Crippen LogP contribution >= 0.6 is 27.3 Å². The molecule has 0 atom stereocenters. The summed E-state index contributed by atoms with van der Waals surface area (Å²) in [6.45, 7) is 0.637. The van der Waals surface area contributed by atoms with Crippen molar-refractivity contribution in [2.24, 2.45) is 5.73 Å². The molecule has 3 nitrogen and oxygen atoms in total. The van der Waals surface area contributed by atoms with Crippen molar-refractivity contribution < 1.29 is 4.74 Å². The SMILES string of the molecule is COc1cccc(-c2nc(Br)c(CCN)s2)c1. The Kier molecular flexibility index (Phi) is 4.15. The molecular weight excluding hydrogens is 300 g/mol. The van der Waals surface area contributed by atoms with E-state index in [0.29, 0.717) is 6.54 Å². The van der Waals surface area contributed by atoms with E-state index < -0.39 is 0 Å². The van der Waals surface area contributed by atoms with Crippen molar-refractivity contribution in [1.29, 1.82) is 0 Å². The highest BCUT2D eigenvalue weighted by molar-refractivity contribution is 9.10. The molecular formula is C12H13BrN2OS. The number of methoxy groups -OCH3 is 1. The van der Waals surface area contributed by atoms with E-state index >= 15 is 0 Å². The smallest absolute Gasteiger partial charge is 0.125 e. The molecule has 0 radical (unpaired) electrons. The monoisotopic (exact) mass is 312 g/mol. The molecule has 5 heteroatoms. The van der Waals surface area contributed by atoms with Crippen molar-refractivity contribution in [1.82, 2.24) is 4.98 Å². The number of hydrogen-bond acceptors (Lipinski definition) is 4. The molecule has 0 saturated carbocycles. The Bertz CT molecular complexity index is 513. The summed E-state index contributed by atoms with van der Waals surface area (Å²) < 4.78 is 6.10. The van der Waals surface area contributed by atoms with Gasteiger partial charge in [-0.15, -0.1) is 11.3 Å². The van der Waals surface area contributed by atoms with E-state index in [2.05, 4.69) is 20.9 Å². The molecule has 0 aliphatic heterocycles. The molecule has 2 rings (SSSR count). The maximum Gasteiger partial charge on any atom is 0.125 e. The van der Waals surface area contributed by atoms with Gasteiger partial charge in [0.25, 0.3) is 0 Å². The van der Waals surface area contributed by atoms with Crippen molar-refractivity contribution in [3.63, 3.8) is 0 Å². The largest absolute Gasteiger partial charge is 0.497 e. The first-order valence-electron chi connectivity index (χ1n) is 5.24. The lowest BCUT2D eigenvalue weighted by Crippen LogP contribution is -2.01. The Morgan fingerprint density at radius 1 is 1.47 bits per heavy atom. The topological polar surface area (TPSA) is 48.1 Å². The fourth-order valence-electron chi connectivity index (χ4n) is 1.50. The van der Waals surface area contributed by atoms with Crippen LogP contribution in [0, 0.1) is 0 Å². The van der Waals surface area contributed by atoms with Gasteiger partial charge in [0, 0.05) is 10.4 Å². The van der Waals surface area contributed by atoms with Crippen molar-refractivity contribution in [3.8, 4) is 16.3 Å². The molecule has 0 saturated heterocycles. The first-order chi connectivity index (χ1) is 8.24. The summed E-state index contributed by atoms with van der Waals surface area (Å²) >= 11 is 5.13. The second-order valence-electron chi connectivity index (χ2n) is 3.50. The van der Waals surface area contributed by atoms with Gasteiger partial charge in [-0.2, -0.15) is 0 Å². The lowest BCUT2D eigenvalue weighted by molar-refractivity contribution is 0.415. The summed E-state index contributed by atoms with van der Waals surface area (Å²) in [6.07, 6.45) is 0.849. The van der Waals surface area contributed by atoms with E-state index in [0.717, 1.165) is 27.3 Å². The second-order valence-corrected chi connectivity index (χ2v) is 5.34. The predicted molar refractivity (Wildman–Crippen MR) is 74.6 cm³/mol. The number of nitrogens with zero attached hydrogens (tertiary/aromatic N) is 1. The average molecular weight is 313 g/mol. The van der Waals surface area contributed by atoms with Crippen molar-refractivity contribution in [2.75, 3.05) is 13.7 Å². The van der Waals surface area contributed by atoms with Crippen LogP contribution in [0.15, 0.2) is 28.9 Å². The third kappa shape index (κ3) is 2.86. The fourth-order valence-corrected chi connectivity index (χ4v) is 3.20. The second kappa shape index (κ2) is 5.62. The van der Waals surface area contributed by atoms with Crippen LogP contribution < -0.4 is 10.5 Å². The van der Waals surface area contributed by atoms with Crippen LogP contribution in [0.1, 0.15) is 4.88 Å². The number of halogens is 1. The maximum atomic E-state index is 5.56. The highest BCUT2D eigenvalue weighted by atomic mass is 79.9. The van der Waals surface area contributed by atoms with Gasteiger partial charge < -0.3 is 10.5 Å². The number of rotatable bonds is 4. The molecule has 90 valence electrons. The van der Waals surface area contributed by atoms with Gasteiger partial charge in [0.15, 0.2) is 0 Å². The van der Waals surface area contributed by atoms with Gasteiger partial charge >= 0.3 is 0 Å². The van der Waals surface area contributed by atoms with Crippen LogP contribution in [0.2, 0.25) is 0 Å². The van der Waals surface area contributed by atoms with Gasteiger partial charge in [0.1, 0.15) is 15.4 Å². The Hall–Kier alpha value is -0.910. The molecule has 0 bridgehead atoms. The Morgan fingerprint density at radius 2 is 2.29 bits per heavy atom. The Morgan fingerprint density at radius 3 is 3.00 bits per heavy atom. The molecule has 0 amide bonds. The normalized spacial score (nSPS) is 10.5. The molecule has 0 spiro atoms. The number of hydrogen-bond donors (Lipinski definition) is 1. The van der Waals surface area contributed by atoms with Crippen LogP contribution in [0.5, 0.6) is 5.75 Å². The van der Waals surface area contributed by atoms with Gasteiger partial charge in [0.2, 0.25) is 0 Å². The zero-order valence-electron chi connectivity index (χ0n) is 9.44. The molecule has 1 aromatic carbocycles. The molecule has 0 unspecified atom stereocenters. The summed E-state index contributed by atoms with van der Waals surface area (Å²) in [5, 5.41) is 0.985. The molecule has 0 aliphatic carbocycles. The lowest BCUT2D eigenvalue weighted by atomic mass is 10.2. The summed E-state index contributed by atoms with van der Waals surface area (Å²) in [6, 6.07) is 7.90. The van der Waals surface area contributed by atoms with E-state index in [9.17, 15) is 0 Å². The zero-order chi connectivity index (χ0) is 12.3. The zero-order valence-corrected chi connectivity index (χ0v) is 11.8. The van der Waals surface area contributed by atoms with E-state index in [1.807, 2.05) is 24.3 Å². The van der Waals surface area contributed by atoms with E-state index in [4.69, 9.17) is 10.5 Å². The number of thiazole rings is 1. The van der Waals surface area contributed by atoms with Crippen LogP contribution in [0.25, 0.3) is 10.6 Å². The quantitative estimate of drug-likeness (QED) is 0.943. The molecule has 1 heterocycles. The Labute approximate surface area is 113 Å². The molecule has 0 aliphatic rings. The molecule has 2 aromatic rings. The summed E-state index contributed by atoms with van der Waals surface area (Å²) in [5.41, 5.74) is 6.63. The van der Waals surface area contributed by atoms with Crippen LogP contribution in [-0.4, -0.2) is 18.6 Å². The minimum absolute atomic E-state index is 0.637. The minimum Gasteiger partial charge on any atom is -0.497 e. The van der Waals surface area contributed by atoms with Gasteiger partial charge in [0.05, 0.1) is 7.11 Å². The average Bonchev–Trinajstić information content (AvgIpc) is 2.72. The third-order valence-corrected chi connectivity index (χ3v) is 4.42. The van der Waals surface area contributed by atoms with Crippen molar-refractivity contribution in [3.05, 3.63) is 33.7 Å². The first-order valence-corrected chi connectivity index (χ1v) is 6.85. The van der Waals surface area contributed by atoms with Gasteiger partial charge in [-0.1, -0.05) is 12.1 Å². The number of nitrogens with two attached hydrogens (primary N) is 1. The maximum absolute atomic E-state index is 5.56. The fraction of sp³-hybridized carbons (Fsp3) is 0.250. The third-order valence-electron chi connectivity index (χ3n) is 2.34. The summed E-state index contributed by atoms with van der Waals surface area (Å²) in [4.78, 5) is 5.68. The minimum atomic E-state index is 0.637. The highest BCUT2D eigenvalue weighted by Crippen LogP contribution is 2.32.